The number of aryl methyl sites for hydroxylation is 1. The molecule has 0 bridgehead atoms. The number of fused-ring (bicyclic) bond motifs is 1. The first-order valence-electron chi connectivity index (χ1n) is 6.62. The lowest BCUT2D eigenvalue weighted by Crippen LogP contribution is -2.40. The van der Waals surface area contributed by atoms with E-state index >= 15 is 0 Å². The van der Waals surface area contributed by atoms with E-state index in [9.17, 15) is 9.59 Å². The Kier molecular flexibility index (Phi) is 3.60. The average Bonchev–Trinajstić information content (AvgIpc) is 2.81. The molecule has 1 aliphatic heterocycles. The Morgan fingerprint density at radius 2 is 1.86 bits per heavy atom. The monoisotopic (exact) mass is 313 g/mol. The number of ether oxygens (including phenoxy) is 1. The molecule has 2 aromatic heterocycles. The van der Waals surface area contributed by atoms with Gasteiger partial charge < -0.3 is 4.74 Å². The molecule has 1 fully saturated rings. The second kappa shape index (κ2) is 5.28. The van der Waals surface area contributed by atoms with Crippen LogP contribution in [0.3, 0.4) is 0 Å². The highest BCUT2D eigenvalue weighted by Crippen LogP contribution is 2.16. The van der Waals surface area contributed by atoms with Crippen LogP contribution in [-0.4, -0.2) is 49.9 Å². The van der Waals surface area contributed by atoms with Crippen molar-refractivity contribution in [1.29, 1.82) is 0 Å². The molecule has 1 saturated heterocycles. The summed E-state index contributed by atoms with van der Waals surface area (Å²) < 4.78 is 9.34. The third-order valence-corrected chi connectivity index (χ3v) is 4.04. The zero-order valence-electron chi connectivity index (χ0n) is 11.9. The second-order valence-electron chi connectivity index (χ2n) is 5.06. The van der Waals surface area contributed by atoms with Crippen molar-refractivity contribution >= 4 is 22.8 Å². The van der Waals surface area contributed by atoms with Crippen molar-refractivity contribution in [2.75, 3.05) is 26.3 Å². The minimum absolute atomic E-state index is 0.204. The Balaban J connectivity index is 2.16. The molecule has 0 aliphatic carbocycles. The molecule has 9 heteroatoms. The molecule has 0 spiro atoms. The van der Waals surface area contributed by atoms with Crippen molar-refractivity contribution in [2.45, 2.75) is 6.67 Å². The highest BCUT2D eigenvalue weighted by atomic mass is 35.5. The van der Waals surface area contributed by atoms with Crippen LogP contribution in [0.5, 0.6) is 0 Å². The van der Waals surface area contributed by atoms with E-state index in [1.165, 1.54) is 11.6 Å². The lowest BCUT2D eigenvalue weighted by atomic mass is 10.4. The quantitative estimate of drug-likeness (QED) is 0.691. The van der Waals surface area contributed by atoms with E-state index in [0.717, 1.165) is 17.7 Å². The van der Waals surface area contributed by atoms with Gasteiger partial charge in [-0.05, 0) is 11.6 Å². The van der Waals surface area contributed by atoms with Gasteiger partial charge in [0.1, 0.15) is 0 Å². The Labute approximate surface area is 125 Å². The fourth-order valence-electron chi connectivity index (χ4n) is 2.49. The van der Waals surface area contributed by atoms with Crippen molar-refractivity contribution in [3.63, 3.8) is 0 Å². The molecule has 0 aromatic carbocycles. The molecular formula is C12H16ClN5O3. The lowest BCUT2D eigenvalue weighted by molar-refractivity contribution is 0.0241. The lowest BCUT2D eigenvalue weighted by Gasteiger charge is -2.27. The van der Waals surface area contributed by atoms with Gasteiger partial charge in [0.05, 0.1) is 19.9 Å². The van der Waals surface area contributed by atoms with Gasteiger partial charge in [-0.15, -0.1) is 0 Å². The summed E-state index contributed by atoms with van der Waals surface area (Å²) in [6, 6.07) is 0. The standard InChI is InChI=1S/C12H16ClN5O3/c1-15-9-8(10(19)16(2)12(15)20)18(11(13)14-9)7-17-3-5-21-6-4-17/h3-7H2,1-2H3. The molecule has 0 radical (unpaired) electrons. The number of hydrogen-bond donors (Lipinski definition) is 0. The van der Waals surface area contributed by atoms with Crippen LogP contribution in [0.15, 0.2) is 9.59 Å². The van der Waals surface area contributed by atoms with Crippen LogP contribution in [-0.2, 0) is 25.5 Å². The number of nitrogens with zero attached hydrogens (tertiary/aromatic N) is 5. The summed E-state index contributed by atoms with van der Waals surface area (Å²) in [5.41, 5.74) is -0.154. The van der Waals surface area contributed by atoms with Crippen LogP contribution in [0.25, 0.3) is 11.2 Å². The molecule has 8 nitrogen and oxygen atoms in total. The van der Waals surface area contributed by atoms with Crippen molar-refractivity contribution in [3.8, 4) is 0 Å². The first-order valence-corrected chi connectivity index (χ1v) is 7.00. The summed E-state index contributed by atoms with van der Waals surface area (Å²) in [4.78, 5) is 30.6. The van der Waals surface area contributed by atoms with Crippen LogP contribution >= 0.6 is 11.6 Å². The maximum absolute atomic E-state index is 12.4. The van der Waals surface area contributed by atoms with E-state index in [1.807, 2.05) is 0 Å². The number of rotatable bonds is 2. The van der Waals surface area contributed by atoms with E-state index in [4.69, 9.17) is 16.3 Å². The molecular weight excluding hydrogens is 298 g/mol. The molecule has 0 saturated carbocycles. The van der Waals surface area contributed by atoms with Gasteiger partial charge in [-0.2, -0.15) is 4.98 Å². The summed E-state index contributed by atoms with van der Waals surface area (Å²) in [5, 5.41) is 0.204. The molecule has 3 heterocycles. The first kappa shape index (κ1) is 14.3. The van der Waals surface area contributed by atoms with Gasteiger partial charge in [0.15, 0.2) is 11.2 Å². The largest absolute Gasteiger partial charge is 0.379 e. The van der Waals surface area contributed by atoms with Gasteiger partial charge in [0, 0.05) is 27.2 Å². The number of halogens is 1. The van der Waals surface area contributed by atoms with Crippen molar-refractivity contribution in [3.05, 3.63) is 26.1 Å². The summed E-state index contributed by atoms with van der Waals surface area (Å²) in [6.45, 7) is 3.29. The van der Waals surface area contributed by atoms with E-state index in [2.05, 4.69) is 9.88 Å². The maximum Gasteiger partial charge on any atom is 0.332 e. The molecule has 114 valence electrons. The Morgan fingerprint density at radius 3 is 2.52 bits per heavy atom. The summed E-state index contributed by atoms with van der Waals surface area (Å²) in [6.07, 6.45) is 0. The number of aromatic nitrogens is 4. The predicted molar refractivity (Wildman–Crippen MR) is 77.6 cm³/mol. The maximum atomic E-state index is 12.4. The third kappa shape index (κ3) is 2.29. The molecule has 0 N–H and O–H groups in total. The van der Waals surface area contributed by atoms with Crippen LogP contribution in [0.2, 0.25) is 5.28 Å². The van der Waals surface area contributed by atoms with Crippen LogP contribution in [0.4, 0.5) is 0 Å². The first-order chi connectivity index (χ1) is 10.0. The fraction of sp³-hybridized carbons (Fsp3) is 0.583. The van der Waals surface area contributed by atoms with E-state index in [-0.39, 0.29) is 10.8 Å². The Hall–Kier alpha value is -1.64. The average molecular weight is 314 g/mol. The summed E-state index contributed by atoms with van der Waals surface area (Å²) in [5.74, 6) is 0. The Morgan fingerprint density at radius 1 is 1.19 bits per heavy atom. The van der Waals surface area contributed by atoms with Gasteiger partial charge in [0.2, 0.25) is 5.28 Å². The SMILES string of the molecule is Cn1c(=O)c2c(nc(Cl)n2CN2CCOCC2)n(C)c1=O. The number of morpholine rings is 1. The van der Waals surface area contributed by atoms with Crippen molar-refractivity contribution in [1.82, 2.24) is 23.6 Å². The van der Waals surface area contributed by atoms with E-state index < -0.39 is 5.69 Å². The molecule has 1 aliphatic rings. The zero-order valence-corrected chi connectivity index (χ0v) is 12.6. The topological polar surface area (TPSA) is 74.3 Å². The molecule has 0 atom stereocenters. The van der Waals surface area contributed by atoms with Gasteiger partial charge in [-0.1, -0.05) is 0 Å². The molecule has 0 amide bonds. The van der Waals surface area contributed by atoms with Crippen molar-refractivity contribution < 1.29 is 4.74 Å². The molecule has 3 rings (SSSR count). The van der Waals surface area contributed by atoms with Crippen LogP contribution in [0.1, 0.15) is 0 Å². The van der Waals surface area contributed by atoms with Crippen LogP contribution in [0, 0.1) is 0 Å². The van der Waals surface area contributed by atoms with Crippen molar-refractivity contribution in [2.24, 2.45) is 14.1 Å². The molecule has 21 heavy (non-hydrogen) atoms. The van der Waals surface area contributed by atoms with E-state index in [1.54, 1.807) is 11.6 Å². The number of hydrogen-bond acceptors (Lipinski definition) is 5. The highest BCUT2D eigenvalue weighted by Gasteiger charge is 2.20. The summed E-state index contributed by atoms with van der Waals surface area (Å²) >= 11 is 6.17. The predicted octanol–water partition coefficient (Wildman–Crippen LogP) is -0.623. The van der Waals surface area contributed by atoms with Gasteiger partial charge in [-0.3, -0.25) is 23.4 Å². The second-order valence-corrected chi connectivity index (χ2v) is 5.40. The minimum atomic E-state index is -0.416. The van der Waals surface area contributed by atoms with E-state index in [0.29, 0.717) is 31.0 Å². The van der Waals surface area contributed by atoms with Gasteiger partial charge in [0.25, 0.3) is 5.56 Å². The van der Waals surface area contributed by atoms with Gasteiger partial charge >= 0.3 is 5.69 Å². The Bertz CT molecular complexity index is 800. The normalized spacial score (nSPS) is 16.7. The fourth-order valence-corrected chi connectivity index (χ4v) is 2.71. The highest BCUT2D eigenvalue weighted by molar-refractivity contribution is 6.29. The molecule has 0 unspecified atom stereocenters. The third-order valence-electron chi connectivity index (χ3n) is 3.75. The number of imidazole rings is 1. The van der Waals surface area contributed by atoms with Gasteiger partial charge in [-0.25, -0.2) is 4.79 Å². The summed E-state index contributed by atoms with van der Waals surface area (Å²) in [7, 11) is 3.02. The molecule has 2 aromatic rings. The smallest absolute Gasteiger partial charge is 0.332 e. The zero-order chi connectivity index (χ0) is 15.1. The minimum Gasteiger partial charge on any atom is -0.379 e. The van der Waals surface area contributed by atoms with Crippen LogP contribution < -0.4 is 11.2 Å².